The Hall–Kier alpha value is -1.13. The second-order valence-corrected chi connectivity index (χ2v) is 4.52. The van der Waals surface area contributed by atoms with E-state index in [4.69, 9.17) is 9.47 Å². The highest BCUT2D eigenvalue weighted by molar-refractivity contribution is 5.26. The normalized spacial score (nSPS) is 14.2. The summed E-state index contributed by atoms with van der Waals surface area (Å²) in [7, 11) is 3.71. The van der Waals surface area contributed by atoms with E-state index in [2.05, 4.69) is 23.3 Å². The third-order valence-corrected chi connectivity index (χ3v) is 2.89. The molecular weight excluding hydrogens is 228 g/mol. The minimum absolute atomic E-state index is 0.281. The van der Waals surface area contributed by atoms with E-state index in [0.29, 0.717) is 12.5 Å². The van der Waals surface area contributed by atoms with E-state index in [0.717, 1.165) is 24.3 Å². The van der Waals surface area contributed by atoms with Gasteiger partial charge in [0.1, 0.15) is 5.75 Å². The van der Waals surface area contributed by atoms with E-state index in [1.165, 1.54) is 0 Å². The summed E-state index contributed by atoms with van der Waals surface area (Å²) in [5.74, 6) is 1.33. The van der Waals surface area contributed by atoms with Gasteiger partial charge in [-0.1, -0.05) is 6.92 Å². The molecule has 4 heteroatoms. The van der Waals surface area contributed by atoms with Crippen molar-refractivity contribution in [2.45, 2.75) is 26.3 Å². The number of nitrogens with one attached hydrogen (secondary N) is 1. The Morgan fingerprint density at radius 3 is 2.78 bits per heavy atom. The van der Waals surface area contributed by atoms with Gasteiger partial charge in [-0.25, -0.2) is 0 Å². The highest BCUT2D eigenvalue weighted by Crippen LogP contribution is 2.23. The van der Waals surface area contributed by atoms with E-state index in [-0.39, 0.29) is 6.04 Å². The van der Waals surface area contributed by atoms with Crippen LogP contribution in [0.25, 0.3) is 0 Å². The molecular formula is C14H24N2O2. The predicted molar refractivity (Wildman–Crippen MR) is 72.9 cm³/mol. The molecule has 0 radical (unpaired) electrons. The Labute approximate surface area is 110 Å². The Balaban J connectivity index is 2.71. The van der Waals surface area contributed by atoms with E-state index < -0.39 is 0 Å². The predicted octanol–water partition coefficient (Wildman–Crippen LogP) is 2.41. The quantitative estimate of drug-likeness (QED) is 0.771. The standard InChI is InChI=1S/C14H24N2O2/c1-5-18-13-7-12(8-16-9-13)14(15-3)6-11(2)10-17-4/h7-9,11,14-15H,5-6,10H2,1-4H3. The van der Waals surface area contributed by atoms with Gasteiger partial charge in [0.15, 0.2) is 0 Å². The molecule has 0 bridgehead atoms. The van der Waals surface area contributed by atoms with Crippen LogP contribution >= 0.6 is 0 Å². The zero-order valence-corrected chi connectivity index (χ0v) is 11.8. The van der Waals surface area contributed by atoms with Crippen LogP contribution in [-0.2, 0) is 4.74 Å². The Morgan fingerprint density at radius 2 is 2.17 bits per heavy atom. The number of rotatable bonds is 8. The van der Waals surface area contributed by atoms with Gasteiger partial charge in [-0.05, 0) is 37.9 Å². The second kappa shape index (κ2) is 8.06. The van der Waals surface area contributed by atoms with Crippen molar-refractivity contribution in [1.82, 2.24) is 10.3 Å². The van der Waals surface area contributed by atoms with Crippen molar-refractivity contribution < 1.29 is 9.47 Å². The molecule has 0 aliphatic carbocycles. The molecule has 0 aliphatic heterocycles. The van der Waals surface area contributed by atoms with E-state index in [1.54, 1.807) is 13.3 Å². The van der Waals surface area contributed by atoms with E-state index in [1.807, 2.05) is 20.2 Å². The van der Waals surface area contributed by atoms with Crippen LogP contribution in [0.4, 0.5) is 0 Å². The molecule has 4 nitrogen and oxygen atoms in total. The molecule has 0 aromatic carbocycles. The fourth-order valence-corrected chi connectivity index (χ4v) is 2.05. The summed E-state index contributed by atoms with van der Waals surface area (Å²) in [6, 6.07) is 2.33. The van der Waals surface area contributed by atoms with Gasteiger partial charge in [0.05, 0.1) is 12.8 Å². The van der Waals surface area contributed by atoms with Crippen LogP contribution < -0.4 is 10.1 Å². The van der Waals surface area contributed by atoms with Gasteiger partial charge in [0, 0.05) is 26.0 Å². The number of aromatic nitrogens is 1. The first-order valence-corrected chi connectivity index (χ1v) is 6.45. The van der Waals surface area contributed by atoms with Gasteiger partial charge in [-0.15, -0.1) is 0 Å². The molecule has 2 atom stereocenters. The number of methoxy groups -OCH3 is 1. The van der Waals surface area contributed by atoms with Gasteiger partial charge in [0.25, 0.3) is 0 Å². The average Bonchev–Trinajstić information content (AvgIpc) is 2.37. The van der Waals surface area contributed by atoms with Crippen molar-refractivity contribution in [2.75, 3.05) is 27.4 Å². The Bertz CT molecular complexity index is 344. The summed E-state index contributed by atoms with van der Waals surface area (Å²) < 4.78 is 10.7. The molecule has 1 aromatic rings. The van der Waals surface area contributed by atoms with Crippen LogP contribution in [0.2, 0.25) is 0 Å². The summed E-state index contributed by atoms with van der Waals surface area (Å²) in [6.07, 6.45) is 4.66. The second-order valence-electron chi connectivity index (χ2n) is 4.52. The fourth-order valence-electron chi connectivity index (χ4n) is 2.05. The minimum atomic E-state index is 0.281. The lowest BCUT2D eigenvalue weighted by atomic mass is 9.97. The molecule has 1 aromatic heterocycles. The Morgan fingerprint density at radius 1 is 1.39 bits per heavy atom. The number of ether oxygens (including phenoxy) is 2. The zero-order valence-electron chi connectivity index (χ0n) is 11.8. The first-order valence-electron chi connectivity index (χ1n) is 6.45. The van der Waals surface area contributed by atoms with Crippen LogP contribution in [0.1, 0.15) is 31.9 Å². The molecule has 2 unspecified atom stereocenters. The molecule has 102 valence electrons. The van der Waals surface area contributed by atoms with E-state index >= 15 is 0 Å². The number of pyridine rings is 1. The largest absolute Gasteiger partial charge is 0.492 e. The summed E-state index contributed by atoms with van der Waals surface area (Å²) in [5.41, 5.74) is 1.16. The van der Waals surface area contributed by atoms with E-state index in [9.17, 15) is 0 Å². The first-order chi connectivity index (χ1) is 8.71. The SMILES string of the molecule is CCOc1cncc(C(CC(C)COC)NC)c1. The van der Waals surface area contributed by atoms with Gasteiger partial charge in [-0.2, -0.15) is 0 Å². The molecule has 1 N–H and O–H groups in total. The maximum absolute atomic E-state index is 5.48. The highest BCUT2D eigenvalue weighted by Gasteiger charge is 2.14. The third-order valence-electron chi connectivity index (χ3n) is 2.89. The summed E-state index contributed by atoms with van der Waals surface area (Å²) >= 11 is 0. The fraction of sp³-hybridized carbons (Fsp3) is 0.643. The monoisotopic (exact) mass is 252 g/mol. The summed E-state index contributed by atoms with van der Waals surface area (Å²) in [6.45, 7) is 5.60. The Kier molecular flexibility index (Phi) is 6.68. The molecule has 0 fully saturated rings. The van der Waals surface area contributed by atoms with Crippen molar-refractivity contribution in [3.63, 3.8) is 0 Å². The van der Waals surface area contributed by atoms with Crippen molar-refractivity contribution in [2.24, 2.45) is 5.92 Å². The maximum atomic E-state index is 5.48. The molecule has 0 saturated heterocycles. The van der Waals surface area contributed by atoms with Crippen LogP contribution in [0.15, 0.2) is 18.5 Å². The summed E-state index contributed by atoms with van der Waals surface area (Å²) in [5, 5.41) is 3.33. The lowest BCUT2D eigenvalue weighted by molar-refractivity contribution is 0.150. The molecule has 18 heavy (non-hydrogen) atoms. The lowest BCUT2D eigenvalue weighted by Crippen LogP contribution is -2.21. The molecule has 1 rings (SSSR count). The highest BCUT2D eigenvalue weighted by atomic mass is 16.5. The molecule has 0 saturated carbocycles. The van der Waals surface area contributed by atoms with Crippen molar-refractivity contribution >= 4 is 0 Å². The lowest BCUT2D eigenvalue weighted by Gasteiger charge is -2.20. The number of hydrogen-bond acceptors (Lipinski definition) is 4. The van der Waals surface area contributed by atoms with Gasteiger partial charge in [0.2, 0.25) is 0 Å². The van der Waals surface area contributed by atoms with Crippen LogP contribution in [-0.4, -0.2) is 32.4 Å². The zero-order chi connectivity index (χ0) is 13.4. The maximum Gasteiger partial charge on any atom is 0.137 e. The van der Waals surface area contributed by atoms with Gasteiger partial charge >= 0.3 is 0 Å². The van der Waals surface area contributed by atoms with Crippen LogP contribution in [0.5, 0.6) is 5.75 Å². The smallest absolute Gasteiger partial charge is 0.137 e. The molecule has 0 aliphatic rings. The summed E-state index contributed by atoms with van der Waals surface area (Å²) in [4.78, 5) is 4.23. The number of nitrogens with zero attached hydrogens (tertiary/aromatic N) is 1. The van der Waals surface area contributed by atoms with Crippen molar-refractivity contribution in [3.05, 3.63) is 24.0 Å². The van der Waals surface area contributed by atoms with Crippen LogP contribution in [0, 0.1) is 5.92 Å². The van der Waals surface area contributed by atoms with Gasteiger partial charge < -0.3 is 14.8 Å². The van der Waals surface area contributed by atoms with Crippen LogP contribution in [0.3, 0.4) is 0 Å². The average molecular weight is 252 g/mol. The molecule has 0 spiro atoms. The van der Waals surface area contributed by atoms with Crippen molar-refractivity contribution in [3.8, 4) is 5.75 Å². The molecule has 0 amide bonds. The molecule has 1 heterocycles. The minimum Gasteiger partial charge on any atom is -0.492 e. The third kappa shape index (κ3) is 4.63. The van der Waals surface area contributed by atoms with Gasteiger partial charge in [-0.3, -0.25) is 4.98 Å². The first kappa shape index (κ1) is 14.9. The topological polar surface area (TPSA) is 43.4 Å². The number of hydrogen-bond donors (Lipinski definition) is 1. The van der Waals surface area contributed by atoms with Crippen molar-refractivity contribution in [1.29, 1.82) is 0 Å².